The van der Waals surface area contributed by atoms with Crippen LogP contribution in [-0.4, -0.2) is 37.1 Å². The molecule has 0 radical (unpaired) electrons. The van der Waals surface area contributed by atoms with Gasteiger partial charge in [-0.05, 0) is 49.2 Å². The van der Waals surface area contributed by atoms with Crippen molar-refractivity contribution in [2.45, 2.75) is 25.9 Å². The molecule has 144 valence electrons. The van der Waals surface area contributed by atoms with Gasteiger partial charge in [0, 0.05) is 25.2 Å². The lowest BCUT2D eigenvalue weighted by Gasteiger charge is -2.28. The number of hydrogen-bond acceptors (Lipinski definition) is 3. The smallest absolute Gasteiger partial charge is 0.251 e. The second-order valence-electron chi connectivity index (χ2n) is 7.30. The molecule has 1 N–H and O–H groups in total. The normalized spacial score (nSPS) is 15.6. The number of nitrogens with zero attached hydrogens (tertiary/aromatic N) is 1. The number of carbonyl (C=O) groups is 1. The fourth-order valence-corrected chi connectivity index (χ4v) is 3.44. The maximum Gasteiger partial charge on any atom is 0.251 e. The topological polar surface area (TPSA) is 41.6 Å². The molecule has 1 saturated heterocycles. The molecule has 6 heteroatoms. The summed E-state index contributed by atoms with van der Waals surface area (Å²) in [5.41, 5.74) is 2.09. The fourth-order valence-electron chi connectivity index (χ4n) is 3.14. The van der Waals surface area contributed by atoms with Crippen molar-refractivity contribution >= 4 is 29.1 Å². The number of amides is 1. The molecular formula is C21H24Cl2N2O2. The summed E-state index contributed by atoms with van der Waals surface area (Å²) < 4.78 is 5.39. The molecule has 0 aromatic heterocycles. The average Bonchev–Trinajstić information content (AvgIpc) is 2.64. The lowest BCUT2D eigenvalue weighted by Crippen LogP contribution is -2.41. The molecule has 1 aliphatic heterocycles. The Morgan fingerprint density at radius 1 is 1.11 bits per heavy atom. The minimum atomic E-state index is -0.578. The highest BCUT2D eigenvalue weighted by Crippen LogP contribution is 2.28. The molecule has 0 bridgehead atoms. The first-order valence-corrected chi connectivity index (χ1v) is 9.78. The second kappa shape index (κ2) is 8.61. The molecule has 27 heavy (non-hydrogen) atoms. The average molecular weight is 407 g/mol. The number of carbonyl (C=O) groups excluding carboxylic acids is 1. The summed E-state index contributed by atoms with van der Waals surface area (Å²) >= 11 is 12.1. The van der Waals surface area contributed by atoms with Crippen LogP contribution in [0.3, 0.4) is 0 Å². The van der Waals surface area contributed by atoms with E-state index in [2.05, 4.69) is 16.3 Å². The van der Waals surface area contributed by atoms with E-state index in [4.69, 9.17) is 27.9 Å². The molecule has 2 aromatic carbocycles. The van der Waals surface area contributed by atoms with Crippen LogP contribution in [0.4, 0.5) is 0 Å². The fraction of sp³-hybridized carbons (Fsp3) is 0.381. The van der Waals surface area contributed by atoms with E-state index in [1.165, 1.54) is 0 Å². The first kappa shape index (κ1) is 20.2. The van der Waals surface area contributed by atoms with Gasteiger partial charge in [0.05, 0.1) is 28.8 Å². The van der Waals surface area contributed by atoms with E-state index in [9.17, 15) is 4.79 Å². The quantitative estimate of drug-likeness (QED) is 0.794. The molecule has 0 saturated carbocycles. The van der Waals surface area contributed by atoms with Crippen LogP contribution in [0.15, 0.2) is 42.5 Å². The first-order valence-electron chi connectivity index (χ1n) is 9.02. The van der Waals surface area contributed by atoms with Crippen LogP contribution in [0.2, 0.25) is 10.0 Å². The molecule has 0 aliphatic carbocycles. The Morgan fingerprint density at radius 3 is 2.56 bits per heavy atom. The van der Waals surface area contributed by atoms with Crippen molar-refractivity contribution in [2.75, 3.05) is 26.3 Å². The van der Waals surface area contributed by atoms with Gasteiger partial charge in [0.15, 0.2) is 0 Å². The highest BCUT2D eigenvalue weighted by molar-refractivity contribution is 6.42. The van der Waals surface area contributed by atoms with Crippen molar-refractivity contribution in [3.05, 3.63) is 69.2 Å². The largest absolute Gasteiger partial charge is 0.379 e. The number of morpholine rings is 1. The molecule has 0 atom stereocenters. The van der Waals surface area contributed by atoms with E-state index < -0.39 is 5.54 Å². The van der Waals surface area contributed by atoms with Gasteiger partial charge in [-0.1, -0.05) is 41.4 Å². The van der Waals surface area contributed by atoms with Crippen molar-refractivity contribution in [1.82, 2.24) is 10.2 Å². The summed E-state index contributed by atoms with van der Waals surface area (Å²) in [7, 11) is 0. The minimum absolute atomic E-state index is 0.116. The third kappa shape index (κ3) is 5.23. The van der Waals surface area contributed by atoms with Gasteiger partial charge < -0.3 is 10.1 Å². The van der Waals surface area contributed by atoms with E-state index in [1.54, 1.807) is 12.1 Å². The Hall–Kier alpha value is -1.59. The van der Waals surface area contributed by atoms with Gasteiger partial charge in [-0.15, -0.1) is 0 Å². The van der Waals surface area contributed by atoms with E-state index in [0.29, 0.717) is 15.6 Å². The van der Waals surface area contributed by atoms with Crippen molar-refractivity contribution in [1.29, 1.82) is 0 Å². The SMILES string of the molecule is CC(C)(NC(=O)c1cccc(CN2CCOCC2)c1)c1ccc(Cl)c(Cl)c1. The standard InChI is InChI=1S/C21H24Cl2N2O2/c1-21(2,17-6-7-18(22)19(23)13-17)24-20(26)16-5-3-4-15(12-16)14-25-8-10-27-11-9-25/h3-7,12-13H,8-11,14H2,1-2H3,(H,24,26). The van der Waals surface area contributed by atoms with Crippen LogP contribution in [0.5, 0.6) is 0 Å². The Morgan fingerprint density at radius 2 is 1.85 bits per heavy atom. The van der Waals surface area contributed by atoms with E-state index in [1.807, 2.05) is 38.1 Å². The van der Waals surface area contributed by atoms with E-state index >= 15 is 0 Å². The summed E-state index contributed by atoms with van der Waals surface area (Å²) in [6, 6.07) is 13.2. The predicted molar refractivity (Wildman–Crippen MR) is 109 cm³/mol. The maximum absolute atomic E-state index is 12.8. The number of halogens is 2. The van der Waals surface area contributed by atoms with Gasteiger partial charge >= 0.3 is 0 Å². The lowest BCUT2D eigenvalue weighted by molar-refractivity contribution is 0.0342. The molecular weight excluding hydrogens is 383 g/mol. The predicted octanol–water partition coefficient (Wildman–Crippen LogP) is 4.49. The molecule has 2 aromatic rings. The van der Waals surface area contributed by atoms with Crippen molar-refractivity contribution in [3.63, 3.8) is 0 Å². The number of hydrogen-bond donors (Lipinski definition) is 1. The molecule has 0 unspecified atom stereocenters. The number of nitrogens with one attached hydrogen (secondary N) is 1. The first-order chi connectivity index (χ1) is 12.8. The van der Waals surface area contributed by atoms with Gasteiger partial charge in [-0.2, -0.15) is 0 Å². The van der Waals surface area contributed by atoms with Crippen LogP contribution in [0.25, 0.3) is 0 Å². The highest BCUT2D eigenvalue weighted by Gasteiger charge is 2.24. The van der Waals surface area contributed by atoms with E-state index in [0.717, 1.165) is 44.0 Å². The molecule has 1 fully saturated rings. The number of benzene rings is 2. The van der Waals surface area contributed by atoms with Gasteiger partial charge in [0.2, 0.25) is 0 Å². The van der Waals surface area contributed by atoms with Gasteiger partial charge in [0.1, 0.15) is 0 Å². The number of rotatable bonds is 5. The Kier molecular flexibility index (Phi) is 6.43. The van der Waals surface area contributed by atoms with Crippen molar-refractivity contribution in [2.24, 2.45) is 0 Å². The van der Waals surface area contributed by atoms with Crippen molar-refractivity contribution in [3.8, 4) is 0 Å². The zero-order valence-corrected chi connectivity index (χ0v) is 17.1. The second-order valence-corrected chi connectivity index (χ2v) is 8.11. The zero-order chi connectivity index (χ0) is 19.4. The van der Waals surface area contributed by atoms with Gasteiger partial charge in [-0.3, -0.25) is 9.69 Å². The molecule has 1 aliphatic rings. The van der Waals surface area contributed by atoms with Crippen LogP contribution < -0.4 is 5.32 Å². The van der Waals surface area contributed by atoms with Crippen LogP contribution in [0.1, 0.15) is 35.3 Å². The van der Waals surface area contributed by atoms with Crippen LogP contribution in [0, 0.1) is 0 Å². The Bertz CT molecular complexity index is 818. The molecule has 0 spiro atoms. The molecule has 4 nitrogen and oxygen atoms in total. The van der Waals surface area contributed by atoms with E-state index in [-0.39, 0.29) is 5.91 Å². The molecule has 1 heterocycles. The Balaban J connectivity index is 1.71. The number of ether oxygens (including phenoxy) is 1. The van der Waals surface area contributed by atoms with Crippen molar-refractivity contribution < 1.29 is 9.53 Å². The monoisotopic (exact) mass is 406 g/mol. The third-order valence-electron chi connectivity index (χ3n) is 4.77. The molecule has 1 amide bonds. The zero-order valence-electron chi connectivity index (χ0n) is 15.6. The minimum Gasteiger partial charge on any atom is -0.379 e. The van der Waals surface area contributed by atoms with Gasteiger partial charge in [-0.25, -0.2) is 0 Å². The van der Waals surface area contributed by atoms with Crippen LogP contribution in [-0.2, 0) is 16.8 Å². The molecule has 3 rings (SSSR count). The maximum atomic E-state index is 12.8. The summed E-state index contributed by atoms with van der Waals surface area (Å²) in [6.45, 7) is 8.07. The third-order valence-corrected chi connectivity index (χ3v) is 5.51. The Labute approximate surface area is 170 Å². The summed E-state index contributed by atoms with van der Waals surface area (Å²) in [4.78, 5) is 15.2. The summed E-state index contributed by atoms with van der Waals surface area (Å²) in [6.07, 6.45) is 0. The lowest BCUT2D eigenvalue weighted by atomic mass is 9.93. The van der Waals surface area contributed by atoms with Gasteiger partial charge in [0.25, 0.3) is 5.91 Å². The highest BCUT2D eigenvalue weighted by atomic mass is 35.5. The summed E-state index contributed by atoms with van der Waals surface area (Å²) in [5, 5.41) is 4.07. The van der Waals surface area contributed by atoms with Crippen LogP contribution >= 0.6 is 23.2 Å². The summed E-state index contributed by atoms with van der Waals surface area (Å²) in [5.74, 6) is -0.116.